The molecule has 2 amide bonds. The van der Waals surface area contributed by atoms with Gasteiger partial charge in [-0.15, -0.1) is 0 Å². The minimum Gasteiger partial charge on any atom is -0.481 e. The average Bonchev–Trinajstić information content (AvgIpc) is 3.28. The fourth-order valence-corrected chi connectivity index (χ4v) is 2.11. The second-order valence-corrected chi connectivity index (χ2v) is 7.09. The van der Waals surface area contributed by atoms with Gasteiger partial charge in [-0.25, -0.2) is 0 Å². The third-order valence-corrected chi connectivity index (χ3v) is 3.77. The van der Waals surface area contributed by atoms with E-state index in [9.17, 15) is 9.59 Å². The van der Waals surface area contributed by atoms with Crippen LogP contribution in [0.1, 0.15) is 46.1 Å². The smallest absolute Gasteiger partial charge is 0.261 e. The fourth-order valence-electron chi connectivity index (χ4n) is 2.11. The van der Waals surface area contributed by atoms with Crippen LogP contribution in [0.25, 0.3) is 0 Å². The predicted octanol–water partition coefficient (Wildman–Crippen LogP) is 2.15. The largest absolute Gasteiger partial charge is 0.481 e. The van der Waals surface area contributed by atoms with Crippen LogP contribution in [-0.2, 0) is 15.0 Å². The standard InChI is InChI=1S/C18H26N2O3/c1-12(17(22)19-11-16(21)20-14-7-8-14)23-15-9-5-13(6-10-15)18(2,3)4/h5-6,9-10,12,14H,7-8,11H2,1-4H3,(H,19,22)(H,20,21)/t12-/m1/s1. The molecule has 23 heavy (non-hydrogen) atoms. The van der Waals surface area contributed by atoms with Gasteiger partial charge < -0.3 is 15.4 Å². The first-order valence-electron chi connectivity index (χ1n) is 8.10. The molecule has 2 N–H and O–H groups in total. The molecule has 1 saturated carbocycles. The van der Waals surface area contributed by atoms with E-state index in [2.05, 4.69) is 31.4 Å². The topological polar surface area (TPSA) is 67.4 Å². The predicted molar refractivity (Wildman–Crippen MR) is 89.4 cm³/mol. The zero-order chi connectivity index (χ0) is 17.0. The van der Waals surface area contributed by atoms with Crippen LogP contribution < -0.4 is 15.4 Å². The van der Waals surface area contributed by atoms with E-state index >= 15 is 0 Å². The van der Waals surface area contributed by atoms with Gasteiger partial charge in [0.15, 0.2) is 6.10 Å². The van der Waals surface area contributed by atoms with Gasteiger partial charge in [0, 0.05) is 6.04 Å². The van der Waals surface area contributed by atoms with Gasteiger partial charge in [-0.2, -0.15) is 0 Å². The molecule has 2 rings (SSSR count). The van der Waals surface area contributed by atoms with Crippen LogP contribution in [0.5, 0.6) is 5.75 Å². The van der Waals surface area contributed by atoms with Crippen LogP contribution >= 0.6 is 0 Å². The Morgan fingerprint density at radius 3 is 2.35 bits per heavy atom. The molecule has 0 unspecified atom stereocenters. The highest BCUT2D eigenvalue weighted by Crippen LogP contribution is 2.24. The highest BCUT2D eigenvalue weighted by molar-refractivity contribution is 5.87. The second-order valence-electron chi connectivity index (χ2n) is 7.09. The maximum Gasteiger partial charge on any atom is 0.261 e. The molecule has 0 aliphatic heterocycles. The zero-order valence-corrected chi connectivity index (χ0v) is 14.3. The van der Waals surface area contributed by atoms with Gasteiger partial charge in [0.05, 0.1) is 6.54 Å². The molecule has 1 fully saturated rings. The van der Waals surface area contributed by atoms with Crippen molar-refractivity contribution in [2.75, 3.05) is 6.54 Å². The van der Waals surface area contributed by atoms with E-state index in [4.69, 9.17) is 4.74 Å². The SMILES string of the molecule is C[C@@H](Oc1ccc(C(C)(C)C)cc1)C(=O)NCC(=O)NC1CC1. The Kier molecular flexibility index (Phi) is 5.29. The third kappa shape index (κ3) is 5.58. The molecule has 0 radical (unpaired) electrons. The summed E-state index contributed by atoms with van der Waals surface area (Å²) in [6, 6.07) is 8.04. The highest BCUT2D eigenvalue weighted by Gasteiger charge is 2.23. The maximum atomic E-state index is 12.0. The summed E-state index contributed by atoms with van der Waals surface area (Å²) in [5.41, 5.74) is 1.29. The number of rotatable bonds is 6. The molecule has 1 atom stereocenters. The third-order valence-electron chi connectivity index (χ3n) is 3.77. The Morgan fingerprint density at radius 2 is 1.83 bits per heavy atom. The molecular formula is C18H26N2O3. The Bertz CT molecular complexity index is 557. The molecule has 0 spiro atoms. The molecule has 5 nitrogen and oxygen atoms in total. The molecule has 126 valence electrons. The number of hydrogen-bond acceptors (Lipinski definition) is 3. The first-order valence-corrected chi connectivity index (χ1v) is 8.10. The minimum absolute atomic E-state index is 0.00794. The number of hydrogen-bond donors (Lipinski definition) is 2. The Morgan fingerprint density at radius 1 is 1.22 bits per heavy atom. The first kappa shape index (κ1) is 17.3. The van der Waals surface area contributed by atoms with Crippen molar-refractivity contribution in [2.24, 2.45) is 0 Å². The van der Waals surface area contributed by atoms with Crippen molar-refractivity contribution in [1.29, 1.82) is 0 Å². The van der Waals surface area contributed by atoms with Crippen molar-refractivity contribution in [1.82, 2.24) is 10.6 Å². The number of carbonyl (C=O) groups is 2. The minimum atomic E-state index is -0.649. The summed E-state index contributed by atoms with van der Waals surface area (Å²) >= 11 is 0. The summed E-state index contributed by atoms with van der Waals surface area (Å²) in [5.74, 6) is 0.196. The zero-order valence-electron chi connectivity index (χ0n) is 14.3. The quantitative estimate of drug-likeness (QED) is 0.844. The van der Waals surface area contributed by atoms with E-state index in [1.54, 1.807) is 6.92 Å². The number of nitrogens with one attached hydrogen (secondary N) is 2. The molecule has 0 heterocycles. The van der Waals surface area contributed by atoms with Crippen molar-refractivity contribution in [3.63, 3.8) is 0 Å². The molecule has 1 aromatic carbocycles. The van der Waals surface area contributed by atoms with E-state index in [0.29, 0.717) is 11.8 Å². The van der Waals surface area contributed by atoms with Crippen molar-refractivity contribution in [3.05, 3.63) is 29.8 Å². The van der Waals surface area contributed by atoms with Gasteiger partial charge in [-0.05, 0) is 42.9 Å². The van der Waals surface area contributed by atoms with Crippen LogP contribution in [0, 0.1) is 0 Å². The average molecular weight is 318 g/mol. The lowest BCUT2D eigenvalue weighted by molar-refractivity contribution is -0.130. The molecule has 1 aliphatic rings. The molecule has 1 aliphatic carbocycles. The van der Waals surface area contributed by atoms with Crippen molar-refractivity contribution in [3.8, 4) is 5.75 Å². The van der Waals surface area contributed by atoms with Crippen LogP contribution in [0.3, 0.4) is 0 Å². The van der Waals surface area contributed by atoms with Crippen LogP contribution in [0.2, 0.25) is 0 Å². The van der Waals surface area contributed by atoms with Gasteiger partial charge in [0.2, 0.25) is 5.91 Å². The Labute approximate surface area is 137 Å². The molecule has 0 saturated heterocycles. The van der Waals surface area contributed by atoms with Crippen LogP contribution in [-0.4, -0.2) is 30.5 Å². The van der Waals surface area contributed by atoms with Crippen LogP contribution in [0.15, 0.2) is 24.3 Å². The van der Waals surface area contributed by atoms with E-state index in [1.165, 1.54) is 5.56 Å². The Hall–Kier alpha value is -2.04. The van der Waals surface area contributed by atoms with Crippen molar-refractivity contribution < 1.29 is 14.3 Å². The second kappa shape index (κ2) is 7.02. The van der Waals surface area contributed by atoms with Gasteiger partial charge in [0.1, 0.15) is 5.75 Å². The maximum absolute atomic E-state index is 12.0. The summed E-state index contributed by atoms with van der Waals surface area (Å²) in [7, 11) is 0. The summed E-state index contributed by atoms with van der Waals surface area (Å²) in [6.45, 7) is 8.10. The molecule has 1 aromatic rings. The molecule has 5 heteroatoms. The first-order chi connectivity index (χ1) is 10.8. The lowest BCUT2D eigenvalue weighted by Gasteiger charge is -2.20. The summed E-state index contributed by atoms with van der Waals surface area (Å²) in [4.78, 5) is 23.5. The molecule has 0 bridgehead atoms. The summed E-state index contributed by atoms with van der Waals surface area (Å²) < 4.78 is 5.63. The number of amides is 2. The van der Waals surface area contributed by atoms with Crippen molar-refractivity contribution >= 4 is 11.8 Å². The summed E-state index contributed by atoms with van der Waals surface area (Å²) in [6.07, 6.45) is 1.41. The molecular weight excluding hydrogens is 292 g/mol. The van der Waals surface area contributed by atoms with E-state index < -0.39 is 6.10 Å². The number of benzene rings is 1. The number of carbonyl (C=O) groups excluding carboxylic acids is 2. The fraction of sp³-hybridized carbons (Fsp3) is 0.556. The van der Waals surface area contributed by atoms with Gasteiger partial charge in [-0.1, -0.05) is 32.9 Å². The monoisotopic (exact) mass is 318 g/mol. The Balaban J connectivity index is 1.79. The normalized spacial score (nSPS) is 15.7. The lowest BCUT2D eigenvalue weighted by atomic mass is 9.87. The number of ether oxygens (including phenoxy) is 1. The van der Waals surface area contributed by atoms with Gasteiger partial charge >= 0.3 is 0 Å². The van der Waals surface area contributed by atoms with E-state index in [0.717, 1.165) is 12.8 Å². The lowest BCUT2D eigenvalue weighted by Crippen LogP contribution is -2.42. The van der Waals surface area contributed by atoms with Gasteiger partial charge in [-0.3, -0.25) is 9.59 Å². The molecule has 0 aromatic heterocycles. The highest BCUT2D eigenvalue weighted by atomic mass is 16.5. The van der Waals surface area contributed by atoms with E-state index in [-0.39, 0.29) is 23.8 Å². The van der Waals surface area contributed by atoms with Gasteiger partial charge in [0.25, 0.3) is 5.91 Å². The van der Waals surface area contributed by atoms with Crippen LogP contribution in [0.4, 0.5) is 0 Å². The summed E-state index contributed by atoms with van der Waals surface area (Å²) in [5, 5.41) is 5.42. The van der Waals surface area contributed by atoms with E-state index in [1.807, 2.05) is 24.3 Å². The van der Waals surface area contributed by atoms with Crippen molar-refractivity contribution in [2.45, 2.75) is 58.1 Å².